The number of carbonyl (C=O) groups is 1. The van der Waals surface area contributed by atoms with Gasteiger partial charge in [-0.2, -0.15) is 0 Å². The van der Waals surface area contributed by atoms with Gasteiger partial charge in [-0.3, -0.25) is 4.79 Å². The first kappa shape index (κ1) is 15.2. The second kappa shape index (κ2) is 7.53. The Morgan fingerprint density at radius 2 is 1.95 bits per heavy atom. The van der Waals surface area contributed by atoms with Crippen molar-refractivity contribution in [1.29, 1.82) is 0 Å². The maximum atomic E-state index is 12.0. The van der Waals surface area contributed by atoms with Gasteiger partial charge in [0.1, 0.15) is 0 Å². The first-order chi connectivity index (χ1) is 9.65. The Bertz CT molecular complexity index is 454. The Hall–Kier alpha value is -1.22. The summed E-state index contributed by atoms with van der Waals surface area (Å²) in [4.78, 5) is 12.0. The summed E-state index contributed by atoms with van der Waals surface area (Å²) in [6.07, 6.45) is 7.26. The fourth-order valence-electron chi connectivity index (χ4n) is 2.64. The van der Waals surface area contributed by atoms with E-state index < -0.39 is 0 Å². The third-order valence-corrected chi connectivity index (χ3v) is 4.10. The number of carbonyl (C=O) groups excluding carboxylic acids is 1. The lowest BCUT2D eigenvalue weighted by atomic mass is 10.1. The highest BCUT2D eigenvalue weighted by Gasteiger charge is 2.14. The molecule has 2 rings (SSSR count). The highest BCUT2D eigenvalue weighted by molar-refractivity contribution is 6.33. The van der Waals surface area contributed by atoms with E-state index in [9.17, 15) is 4.79 Å². The topological polar surface area (TPSA) is 41.1 Å². The molecular formula is C16H23ClN2O. The number of aryl methyl sites for hydroxylation is 1. The minimum Gasteiger partial charge on any atom is -0.375 e. The van der Waals surface area contributed by atoms with Crippen LogP contribution in [0, 0.1) is 6.92 Å². The van der Waals surface area contributed by atoms with Crippen LogP contribution in [-0.2, 0) is 4.79 Å². The van der Waals surface area contributed by atoms with E-state index in [0.717, 1.165) is 24.1 Å². The number of nitrogens with one attached hydrogen (secondary N) is 2. The van der Waals surface area contributed by atoms with E-state index in [1.165, 1.54) is 25.7 Å². The van der Waals surface area contributed by atoms with Crippen molar-refractivity contribution in [3.63, 3.8) is 0 Å². The van der Waals surface area contributed by atoms with Crippen LogP contribution in [0.1, 0.15) is 44.1 Å². The molecule has 2 N–H and O–H groups in total. The van der Waals surface area contributed by atoms with Gasteiger partial charge < -0.3 is 10.6 Å². The van der Waals surface area contributed by atoms with Gasteiger partial charge in [-0.25, -0.2) is 0 Å². The zero-order chi connectivity index (χ0) is 14.4. The molecule has 0 atom stereocenters. The average molecular weight is 295 g/mol. The third kappa shape index (κ3) is 4.71. The Balaban J connectivity index is 1.79. The van der Waals surface area contributed by atoms with Crippen molar-refractivity contribution in [2.45, 2.75) is 51.5 Å². The molecule has 0 saturated heterocycles. The summed E-state index contributed by atoms with van der Waals surface area (Å²) >= 11 is 6.13. The monoisotopic (exact) mass is 294 g/mol. The van der Waals surface area contributed by atoms with Crippen LogP contribution in [0.2, 0.25) is 5.02 Å². The van der Waals surface area contributed by atoms with Crippen LogP contribution >= 0.6 is 11.6 Å². The largest absolute Gasteiger partial charge is 0.375 e. The smallest absolute Gasteiger partial charge is 0.239 e. The molecule has 0 heterocycles. The Morgan fingerprint density at radius 1 is 1.25 bits per heavy atom. The zero-order valence-electron chi connectivity index (χ0n) is 12.0. The van der Waals surface area contributed by atoms with Gasteiger partial charge in [0.15, 0.2) is 0 Å². The van der Waals surface area contributed by atoms with Gasteiger partial charge in [-0.1, -0.05) is 43.4 Å². The molecule has 20 heavy (non-hydrogen) atoms. The van der Waals surface area contributed by atoms with Crippen molar-refractivity contribution in [1.82, 2.24) is 5.32 Å². The molecule has 0 radical (unpaired) electrons. The molecule has 1 aliphatic carbocycles. The fraction of sp³-hybridized carbons (Fsp3) is 0.562. The molecule has 0 spiro atoms. The molecule has 0 aliphatic heterocycles. The van der Waals surface area contributed by atoms with E-state index in [2.05, 4.69) is 10.6 Å². The Kier molecular flexibility index (Phi) is 5.72. The molecule has 1 amide bonds. The minimum absolute atomic E-state index is 0.0496. The molecule has 0 bridgehead atoms. The number of rotatable bonds is 4. The molecule has 1 aromatic carbocycles. The maximum Gasteiger partial charge on any atom is 0.239 e. The number of anilines is 1. The van der Waals surface area contributed by atoms with Gasteiger partial charge in [-0.05, 0) is 37.5 Å². The zero-order valence-corrected chi connectivity index (χ0v) is 12.8. The highest BCUT2D eigenvalue weighted by atomic mass is 35.5. The Labute approximate surface area is 126 Å². The molecule has 4 heteroatoms. The molecule has 1 aliphatic rings. The van der Waals surface area contributed by atoms with E-state index in [1.54, 1.807) is 0 Å². The normalized spacial score (nSPS) is 16.5. The number of benzene rings is 1. The quantitative estimate of drug-likeness (QED) is 0.827. The molecule has 1 aromatic rings. The third-order valence-electron chi connectivity index (χ3n) is 3.78. The summed E-state index contributed by atoms with van der Waals surface area (Å²) in [7, 11) is 0. The standard InChI is InChI=1S/C16H23ClN2O/c1-12-8-9-15(14(17)10-12)18-11-16(20)19-13-6-4-2-3-5-7-13/h8-10,13,18H,2-7,11H2,1H3,(H,19,20). The summed E-state index contributed by atoms with van der Waals surface area (Å²) in [5.74, 6) is 0.0496. The average Bonchev–Trinajstić information content (AvgIpc) is 2.66. The van der Waals surface area contributed by atoms with E-state index in [4.69, 9.17) is 11.6 Å². The van der Waals surface area contributed by atoms with Gasteiger partial charge in [0.2, 0.25) is 5.91 Å². The van der Waals surface area contributed by atoms with Crippen LogP contribution in [0.5, 0.6) is 0 Å². The van der Waals surface area contributed by atoms with Crippen LogP contribution in [0.15, 0.2) is 18.2 Å². The number of amides is 1. The molecule has 0 unspecified atom stereocenters. The summed E-state index contributed by atoms with van der Waals surface area (Å²) in [6.45, 7) is 2.27. The first-order valence-corrected chi connectivity index (χ1v) is 7.82. The highest BCUT2D eigenvalue weighted by Crippen LogP contribution is 2.22. The molecule has 0 aromatic heterocycles. The van der Waals surface area contributed by atoms with Gasteiger partial charge in [0, 0.05) is 6.04 Å². The fourth-order valence-corrected chi connectivity index (χ4v) is 2.94. The first-order valence-electron chi connectivity index (χ1n) is 7.44. The lowest BCUT2D eigenvalue weighted by Crippen LogP contribution is -2.38. The van der Waals surface area contributed by atoms with Crippen LogP contribution in [0.3, 0.4) is 0 Å². The van der Waals surface area contributed by atoms with E-state index in [-0.39, 0.29) is 12.5 Å². The molecular weight excluding hydrogens is 272 g/mol. The van der Waals surface area contributed by atoms with Crippen molar-refractivity contribution >= 4 is 23.2 Å². The van der Waals surface area contributed by atoms with Gasteiger partial charge in [0.25, 0.3) is 0 Å². The maximum absolute atomic E-state index is 12.0. The van der Waals surface area contributed by atoms with Crippen molar-refractivity contribution < 1.29 is 4.79 Å². The summed E-state index contributed by atoms with van der Waals surface area (Å²) in [5, 5.41) is 6.88. The molecule has 1 fully saturated rings. The Morgan fingerprint density at radius 3 is 2.60 bits per heavy atom. The molecule has 110 valence electrons. The van der Waals surface area contributed by atoms with Gasteiger partial charge >= 0.3 is 0 Å². The predicted molar refractivity (Wildman–Crippen MR) is 84.3 cm³/mol. The number of hydrogen-bond donors (Lipinski definition) is 2. The van der Waals surface area contributed by atoms with Crippen molar-refractivity contribution in [3.05, 3.63) is 28.8 Å². The van der Waals surface area contributed by atoms with Crippen LogP contribution in [0.4, 0.5) is 5.69 Å². The van der Waals surface area contributed by atoms with Gasteiger partial charge in [0.05, 0.1) is 17.3 Å². The lowest BCUT2D eigenvalue weighted by molar-refractivity contribution is -0.120. The van der Waals surface area contributed by atoms with E-state index in [1.807, 2.05) is 25.1 Å². The molecule has 1 saturated carbocycles. The summed E-state index contributed by atoms with van der Waals surface area (Å²) in [6, 6.07) is 6.14. The minimum atomic E-state index is 0.0496. The number of halogens is 1. The summed E-state index contributed by atoms with van der Waals surface area (Å²) in [5.41, 5.74) is 1.93. The van der Waals surface area contributed by atoms with Crippen molar-refractivity contribution in [2.75, 3.05) is 11.9 Å². The molecule has 3 nitrogen and oxygen atoms in total. The van der Waals surface area contributed by atoms with E-state index >= 15 is 0 Å². The second-order valence-electron chi connectivity index (χ2n) is 5.59. The second-order valence-corrected chi connectivity index (χ2v) is 6.00. The van der Waals surface area contributed by atoms with Crippen molar-refractivity contribution in [3.8, 4) is 0 Å². The van der Waals surface area contributed by atoms with Gasteiger partial charge in [-0.15, -0.1) is 0 Å². The van der Waals surface area contributed by atoms with Crippen LogP contribution in [0.25, 0.3) is 0 Å². The summed E-state index contributed by atoms with van der Waals surface area (Å²) < 4.78 is 0. The predicted octanol–water partition coefficient (Wildman–Crippen LogP) is 3.90. The van der Waals surface area contributed by atoms with E-state index in [0.29, 0.717) is 11.1 Å². The van der Waals surface area contributed by atoms with Crippen LogP contribution < -0.4 is 10.6 Å². The SMILES string of the molecule is Cc1ccc(NCC(=O)NC2CCCCCC2)c(Cl)c1. The van der Waals surface area contributed by atoms with Crippen LogP contribution in [-0.4, -0.2) is 18.5 Å². The number of hydrogen-bond acceptors (Lipinski definition) is 2. The lowest BCUT2D eigenvalue weighted by Gasteiger charge is -2.17. The van der Waals surface area contributed by atoms with Crippen molar-refractivity contribution in [2.24, 2.45) is 0 Å².